The van der Waals surface area contributed by atoms with Crippen LogP contribution in [0.3, 0.4) is 0 Å². The van der Waals surface area contributed by atoms with E-state index in [0.29, 0.717) is 0 Å². The standard InChI is InChI=1S/C18H32N2O3/c1-15-9-5-3-7-11-19(15)17(21)13-23-14-18(22)20-12-8-4-6-10-16(20)2/h15-16H,3-14H2,1-2H3/t15-,16-/m0/s1. The van der Waals surface area contributed by atoms with Crippen LogP contribution in [0.4, 0.5) is 0 Å². The fraction of sp³-hybridized carbons (Fsp3) is 0.889. The van der Waals surface area contributed by atoms with Gasteiger partial charge in [-0.05, 0) is 39.5 Å². The van der Waals surface area contributed by atoms with Gasteiger partial charge >= 0.3 is 0 Å². The molecule has 2 aliphatic rings. The Kier molecular flexibility index (Phi) is 7.34. The molecular weight excluding hydrogens is 292 g/mol. The van der Waals surface area contributed by atoms with Crippen molar-refractivity contribution in [1.82, 2.24) is 9.80 Å². The molecule has 0 unspecified atom stereocenters. The molecule has 0 aromatic heterocycles. The quantitative estimate of drug-likeness (QED) is 0.798. The van der Waals surface area contributed by atoms with E-state index in [1.54, 1.807) is 0 Å². The van der Waals surface area contributed by atoms with Crippen LogP contribution in [-0.2, 0) is 14.3 Å². The molecule has 0 saturated carbocycles. The highest BCUT2D eigenvalue weighted by Crippen LogP contribution is 2.17. The van der Waals surface area contributed by atoms with Crippen LogP contribution in [0.15, 0.2) is 0 Å². The molecule has 2 heterocycles. The molecule has 0 spiro atoms. The molecule has 0 bridgehead atoms. The van der Waals surface area contributed by atoms with E-state index >= 15 is 0 Å². The average Bonchev–Trinajstić information content (AvgIpc) is 2.87. The third-order valence-corrected chi connectivity index (χ3v) is 5.20. The van der Waals surface area contributed by atoms with Crippen LogP contribution in [-0.4, -0.2) is 60.0 Å². The average molecular weight is 324 g/mol. The van der Waals surface area contributed by atoms with Crippen molar-refractivity contribution >= 4 is 11.8 Å². The van der Waals surface area contributed by atoms with Crippen molar-refractivity contribution in [3.63, 3.8) is 0 Å². The Morgan fingerprint density at radius 3 is 1.65 bits per heavy atom. The summed E-state index contributed by atoms with van der Waals surface area (Å²) in [4.78, 5) is 28.5. The first-order chi connectivity index (χ1) is 11.1. The maximum Gasteiger partial charge on any atom is 0.248 e. The van der Waals surface area contributed by atoms with Gasteiger partial charge in [-0.15, -0.1) is 0 Å². The fourth-order valence-electron chi connectivity index (χ4n) is 3.68. The van der Waals surface area contributed by atoms with Crippen molar-refractivity contribution in [3.05, 3.63) is 0 Å². The molecule has 2 aliphatic heterocycles. The SMILES string of the molecule is C[C@H]1CCCCCN1C(=O)COCC(=O)N1CCCCC[C@@H]1C. The van der Waals surface area contributed by atoms with Gasteiger partial charge in [0.2, 0.25) is 11.8 Å². The number of rotatable bonds is 4. The largest absolute Gasteiger partial charge is 0.362 e. The predicted octanol–water partition coefficient (Wildman–Crippen LogP) is 2.59. The van der Waals surface area contributed by atoms with Gasteiger partial charge in [0.25, 0.3) is 0 Å². The molecule has 2 rings (SSSR count). The lowest BCUT2D eigenvalue weighted by Gasteiger charge is -2.28. The Morgan fingerprint density at radius 1 is 0.783 bits per heavy atom. The van der Waals surface area contributed by atoms with E-state index in [1.165, 1.54) is 25.7 Å². The van der Waals surface area contributed by atoms with Crippen molar-refractivity contribution in [1.29, 1.82) is 0 Å². The van der Waals surface area contributed by atoms with Crippen LogP contribution >= 0.6 is 0 Å². The summed E-state index contributed by atoms with van der Waals surface area (Å²) in [5, 5.41) is 0. The van der Waals surface area contributed by atoms with Crippen LogP contribution in [0.1, 0.15) is 65.2 Å². The molecule has 5 nitrogen and oxygen atoms in total. The summed E-state index contributed by atoms with van der Waals surface area (Å²) in [6.07, 6.45) is 9.04. The lowest BCUT2D eigenvalue weighted by Crippen LogP contribution is -2.43. The summed E-state index contributed by atoms with van der Waals surface area (Å²) >= 11 is 0. The maximum absolute atomic E-state index is 12.3. The number of ether oxygens (including phenoxy) is 1. The van der Waals surface area contributed by atoms with Crippen LogP contribution in [0, 0.1) is 0 Å². The van der Waals surface area contributed by atoms with E-state index in [1.807, 2.05) is 9.80 Å². The minimum atomic E-state index is 0.0242. The molecule has 23 heavy (non-hydrogen) atoms. The minimum absolute atomic E-state index is 0.0242. The van der Waals surface area contributed by atoms with Crippen molar-refractivity contribution in [2.75, 3.05) is 26.3 Å². The summed E-state index contributed by atoms with van der Waals surface area (Å²) in [5.74, 6) is 0.0484. The van der Waals surface area contributed by atoms with Gasteiger partial charge in [-0.3, -0.25) is 9.59 Å². The van der Waals surface area contributed by atoms with Crippen LogP contribution in [0.5, 0.6) is 0 Å². The zero-order chi connectivity index (χ0) is 16.7. The van der Waals surface area contributed by atoms with E-state index in [-0.39, 0.29) is 37.1 Å². The Labute approximate surface area is 140 Å². The molecule has 2 atom stereocenters. The highest BCUT2D eigenvalue weighted by molar-refractivity contribution is 5.80. The highest BCUT2D eigenvalue weighted by atomic mass is 16.5. The smallest absolute Gasteiger partial charge is 0.248 e. The number of amides is 2. The Balaban J connectivity index is 1.74. The van der Waals surface area contributed by atoms with Gasteiger partial charge in [0.05, 0.1) is 0 Å². The Hall–Kier alpha value is -1.10. The number of likely N-dealkylation sites (tertiary alicyclic amines) is 2. The normalized spacial score (nSPS) is 26.5. The van der Waals surface area contributed by atoms with Gasteiger partial charge in [0.15, 0.2) is 0 Å². The first-order valence-electron chi connectivity index (χ1n) is 9.26. The molecular formula is C18H32N2O3. The summed E-state index contributed by atoms with van der Waals surface area (Å²) < 4.78 is 5.46. The zero-order valence-electron chi connectivity index (χ0n) is 14.8. The van der Waals surface area contributed by atoms with Gasteiger partial charge < -0.3 is 14.5 Å². The summed E-state index contributed by atoms with van der Waals surface area (Å²) in [6, 6.07) is 0.574. The molecule has 132 valence electrons. The molecule has 0 aromatic rings. The number of hydrogen-bond donors (Lipinski definition) is 0. The molecule has 2 fully saturated rings. The number of hydrogen-bond acceptors (Lipinski definition) is 3. The second-order valence-electron chi connectivity index (χ2n) is 7.06. The van der Waals surface area contributed by atoms with Gasteiger partial charge in [-0.2, -0.15) is 0 Å². The van der Waals surface area contributed by atoms with Crippen molar-refractivity contribution in [2.45, 2.75) is 77.3 Å². The summed E-state index contributed by atoms with van der Waals surface area (Å²) in [7, 11) is 0. The van der Waals surface area contributed by atoms with Crippen LogP contribution in [0.25, 0.3) is 0 Å². The van der Waals surface area contributed by atoms with Gasteiger partial charge in [-0.25, -0.2) is 0 Å². The van der Waals surface area contributed by atoms with E-state index < -0.39 is 0 Å². The molecule has 2 saturated heterocycles. The van der Waals surface area contributed by atoms with Gasteiger partial charge in [-0.1, -0.05) is 25.7 Å². The first kappa shape index (κ1) is 18.2. The first-order valence-corrected chi connectivity index (χ1v) is 9.26. The van der Waals surface area contributed by atoms with Crippen LogP contribution in [0.2, 0.25) is 0 Å². The minimum Gasteiger partial charge on any atom is -0.362 e. The topological polar surface area (TPSA) is 49.9 Å². The van der Waals surface area contributed by atoms with E-state index in [4.69, 9.17) is 4.74 Å². The van der Waals surface area contributed by atoms with Crippen molar-refractivity contribution < 1.29 is 14.3 Å². The number of nitrogens with zero attached hydrogens (tertiary/aromatic N) is 2. The summed E-state index contributed by atoms with van der Waals surface area (Å²) in [5.41, 5.74) is 0. The lowest BCUT2D eigenvalue weighted by atomic mass is 10.1. The van der Waals surface area contributed by atoms with E-state index in [0.717, 1.165) is 38.8 Å². The molecule has 0 radical (unpaired) electrons. The Morgan fingerprint density at radius 2 is 1.22 bits per heavy atom. The second-order valence-corrected chi connectivity index (χ2v) is 7.06. The maximum atomic E-state index is 12.3. The van der Waals surface area contributed by atoms with Crippen LogP contribution < -0.4 is 0 Å². The number of carbonyl (C=O) groups is 2. The predicted molar refractivity (Wildman–Crippen MR) is 90.1 cm³/mol. The molecule has 0 aliphatic carbocycles. The molecule has 0 aromatic carbocycles. The Bertz CT molecular complexity index is 364. The lowest BCUT2D eigenvalue weighted by molar-refractivity contribution is -0.144. The third-order valence-electron chi connectivity index (χ3n) is 5.20. The number of carbonyl (C=O) groups excluding carboxylic acids is 2. The molecule has 0 N–H and O–H groups in total. The summed E-state index contributed by atoms with van der Waals surface area (Å²) in [6.45, 7) is 5.90. The van der Waals surface area contributed by atoms with Gasteiger partial charge in [0.1, 0.15) is 13.2 Å². The van der Waals surface area contributed by atoms with Crippen molar-refractivity contribution in [2.24, 2.45) is 0 Å². The second kappa shape index (κ2) is 9.26. The molecule has 5 heteroatoms. The van der Waals surface area contributed by atoms with E-state index in [9.17, 15) is 9.59 Å². The van der Waals surface area contributed by atoms with E-state index in [2.05, 4.69) is 13.8 Å². The van der Waals surface area contributed by atoms with Gasteiger partial charge in [0, 0.05) is 25.2 Å². The van der Waals surface area contributed by atoms with Crippen molar-refractivity contribution in [3.8, 4) is 0 Å². The monoisotopic (exact) mass is 324 g/mol. The fourth-order valence-corrected chi connectivity index (χ4v) is 3.68. The third kappa shape index (κ3) is 5.48. The molecule has 2 amide bonds. The highest BCUT2D eigenvalue weighted by Gasteiger charge is 2.24. The zero-order valence-corrected chi connectivity index (χ0v) is 14.8.